The molecule has 0 radical (unpaired) electrons. The van der Waals surface area contributed by atoms with Crippen molar-refractivity contribution in [1.29, 1.82) is 0 Å². The van der Waals surface area contributed by atoms with Crippen molar-refractivity contribution in [2.75, 3.05) is 32.8 Å². The van der Waals surface area contributed by atoms with Crippen LogP contribution in [-0.4, -0.2) is 64.6 Å². The SMILES string of the molecule is C=CCOc1cc(Cl)c(Cl)cc1[C@H](CC(C)(C)S(N)=O)C1CCN(C(=O)C2CNC(=O)CO2)CC1. The molecule has 3 N–H and O–H groups in total. The molecule has 3 atom stereocenters. The molecule has 0 bridgehead atoms. The van der Waals surface area contributed by atoms with Crippen molar-refractivity contribution in [3.63, 3.8) is 0 Å². The van der Waals surface area contributed by atoms with Crippen LogP contribution in [0.1, 0.15) is 44.6 Å². The molecular formula is C24H33Cl2N3O5S. The van der Waals surface area contributed by atoms with E-state index in [1.165, 1.54) is 0 Å². The fourth-order valence-electron chi connectivity index (χ4n) is 4.63. The van der Waals surface area contributed by atoms with Crippen LogP contribution in [0.15, 0.2) is 24.8 Å². The Hall–Kier alpha value is -1.65. The van der Waals surface area contributed by atoms with Crippen LogP contribution in [0.4, 0.5) is 0 Å². The maximum atomic E-state index is 12.9. The Morgan fingerprint density at radius 2 is 2.03 bits per heavy atom. The van der Waals surface area contributed by atoms with E-state index in [2.05, 4.69) is 11.9 Å². The van der Waals surface area contributed by atoms with Gasteiger partial charge in [0, 0.05) is 19.2 Å². The van der Waals surface area contributed by atoms with Gasteiger partial charge < -0.3 is 19.7 Å². The van der Waals surface area contributed by atoms with E-state index in [-0.39, 0.29) is 36.8 Å². The Bertz CT molecular complexity index is 972. The third-order valence-electron chi connectivity index (χ3n) is 6.66. The smallest absolute Gasteiger partial charge is 0.253 e. The van der Waals surface area contributed by atoms with Gasteiger partial charge in [-0.2, -0.15) is 0 Å². The summed E-state index contributed by atoms with van der Waals surface area (Å²) in [5.41, 5.74) is 0.878. The largest absolute Gasteiger partial charge is 0.489 e. The van der Waals surface area contributed by atoms with Gasteiger partial charge in [-0.25, -0.2) is 4.21 Å². The van der Waals surface area contributed by atoms with E-state index in [4.69, 9.17) is 37.8 Å². The average molecular weight is 547 g/mol. The van der Waals surface area contributed by atoms with Gasteiger partial charge >= 0.3 is 0 Å². The van der Waals surface area contributed by atoms with E-state index in [1.807, 2.05) is 19.9 Å². The quantitative estimate of drug-likeness (QED) is 0.463. The summed E-state index contributed by atoms with van der Waals surface area (Å²) in [6, 6.07) is 3.52. The number of ether oxygens (including phenoxy) is 2. The average Bonchev–Trinajstić information content (AvgIpc) is 2.83. The van der Waals surface area contributed by atoms with Crippen LogP contribution in [0.3, 0.4) is 0 Å². The van der Waals surface area contributed by atoms with Crippen molar-refractivity contribution >= 4 is 46.0 Å². The lowest BCUT2D eigenvalue weighted by atomic mass is 9.75. The zero-order chi connectivity index (χ0) is 25.8. The van der Waals surface area contributed by atoms with E-state index >= 15 is 0 Å². The van der Waals surface area contributed by atoms with Gasteiger partial charge in [-0.15, -0.1) is 0 Å². The maximum absolute atomic E-state index is 12.9. The summed E-state index contributed by atoms with van der Waals surface area (Å²) in [5, 5.41) is 9.30. The van der Waals surface area contributed by atoms with Gasteiger partial charge in [-0.05, 0) is 56.6 Å². The molecule has 3 rings (SSSR count). The topological polar surface area (TPSA) is 111 Å². The molecule has 0 aromatic heterocycles. The molecule has 2 saturated heterocycles. The first-order valence-electron chi connectivity index (χ1n) is 11.6. The Kier molecular flexibility index (Phi) is 9.62. The van der Waals surface area contributed by atoms with Crippen LogP contribution in [-0.2, 0) is 25.3 Å². The lowest BCUT2D eigenvalue weighted by molar-refractivity contribution is -0.151. The van der Waals surface area contributed by atoms with Gasteiger partial charge in [0.1, 0.15) is 19.0 Å². The van der Waals surface area contributed by atoms with Gasteiger partial charge in [0.15, 0.2) is 6.10 Å². The molecule has 0 aliphatic carbocycles. The molecule has 11 heteroatoms. The number of carbonyl (C=O) groups is 2. The van der Waals surface area contributed by atoms with Crippen molar-refractivity contribution < 1.29 is 23.3 Å². The van der Waals surface area contributed by atoms with Gasteiger partial charge in [0.05, 0.1) is 32.3 Å². The van der Waals surface area contributed by atoms with Crippen molar-refractivity contribution in [2.24, 2.45) is 11.1 Å². The fraction of sp³-hybridized carbons (Fsp3) is 0.583. The molecule has 0 spiro atoms. The molecule has 2 unspecified atom stereocenters. The minimum Gasteiger partial charge on any atom is -0.489 e. The summed E-state index contributed by atoms with van der Waals surface area (Å²) >= 11 is 12.7. The zero-order valence-corrected chi connectivity index (χ0v) is 22.4. The second-order valence-electron chi connectivity index (χ2n) is 9.54. The Balaban J connectivity index is 1.83. The number of amides is 2. The van der Waals surface area contributed by atoms with Gasteiger partial charge in [0.25, 0.3) is 5.91 Å². The summed E-state index contributed by atoms with van der Waals surface area (Å²) in [7, 11) is -1.55. The number of morpholine rings is 1. The Morgan fingerprint density at radius 3 is 2.60 bits per heavy atom. The first-order chi connectivity index (χ1) is 16.5. The molecule has 194 valence electrons. The molecule has 1 aromatic carbocycles. The van der Waals surface area contributed by atoms with Crippen molar-refractivity contribution in [3.05, 3.63) is 40.4 Å². The second kappa shape index (κ2) is 12.1. The van der Waals surface area contributed by atoms with Crippen LogP contribution in [0.2, 0.25) is 10.0 Å². The summed E-state index contributed by atoms with van der Waals surface area (Å²) in [5.74, 6) is 0.360. The summed E-state index contributed by atoms with van der Waals surface area (Å²) in [6.07, 6.45) is 2.98. The highest BCUT2D eigenvalue weighted by Gasteiger charge is 2.38. The number of nitrogens with two attached hydrogens (primary N) is 1. The molecule has 2 aliphatic heterocycles. The third-order valence-corrected chi connectivity index (χ3v) is 8.64. The molecule has 2 fully saturated rings. The normalized spacial score (nSPS) is 21.2. The van der Waals surface area contributed by atoms with Gasteiger partial charge in [-0.3, -0.25) is 14.7 Å². The molecule has 0 saturated carbocycles. The van der Waals surface area contributed by atoms with E-state index in [0.29, 0.717) is 41.9 Å². The summed E-state index contributed by atoms with van der Waals surface area (Å²) in [6.45, 7) is 8.95. The molecular weight excluding hydrogens is 513 g/mol. The monoisotopic (exact) mass is 545 g/mol. The number of rotatable bonds is 9. The molecule has 1 aromatic rings. The first kappa shape index (κ1) is 27.9. The van der Waals surface area contributed by atoms with E-state index in [1.54, 1.807) is 17.0 Å². The molecule has 8 nitrogen and oxygen atoms in total. The van der Waals surface area contributed by atoms with Crippen LogP contribution in [0.25, 0.3) is 0 Å². The van der Waals surface area contributed by atoms with E-state index in [9.17, 15) is 13.8 Å². The summed E-state index contributed by atoms with van der Waals surface area (Å²) in [4.78, 5) is 26.0. The van der Waals surface area contributed by atoms with Crippen LogP contribution >= 0.6 is 23.2 Å². The number of hydrogen-bond acceptors (Lipinski definition) is 5. The lowest BCUT2D eigenvalue weighted by Crippen LogP contribution is -2.53. The van der Waals surface area contributed by atoms with E-state index < -0.39 is 21.8 Å². The maximum Gasteiger partial charge on any atom is 0.253 e. The van der Waals surface area contributed by atoms with Crippen molar-refractivity contribution in [1.82, 2.24) is 10.2 Å². The second-order valence-corrected chi connectivity index (χ2v) is 12.1. The number of nitrogens with zero attached hydrogens (tertiary/aromatic N) is 1. The van der Waals surface area contributed by atoms with Crippen molar-refractivity contribution in [2.45, 2.75) is 49.9 Å². The van der Waals surface area contributed by atoms with Crippen LogP contribution < -0.4 is 15.2 Å². The fourth-order valence-corrected chi connectivity index (χ4v) is 5.30. The number of likely N-dealkylation sites (tertiary alicyclic amines) is 1. The predicted molar refractivity (Wildman–Crippen MR) is 138 cm³/mol. The zero-order valence-electron chi connectivity index (χ0n) is 20.1. The number of halogens is 2. The molecule has 2 heterocycles. The highest BCUT2D eigenvalue weighted by molar-refractivity contribution is 7.84. The number of piperidine rings is 1. The number of hydrogen-bond donors (Lipinski definition) is 2. The van der Waals surface area contributed by atoms with Crippen molar-refractivity contribution in [3.8, 4) is 5.75 Å². The first-order valence-corrected chi connectivity index (χ1v) is 13.6. The highest BCUT2D eigenvalue weighted by atomic mass is 35.5. The van der Waals surface area contributed by atoms with E-state index in [0.717, 1.165) is 18.4 Å². The number of nitrogens with one attached hydrogen (secondary N) is 1. The predicted octanol–water partition coefficient (Wildman–Crippen LogP) is 3.19. The number of carbonyl (C=O) groups excluding carboxylic acids is 2. The van der Waals surface area contributed by atoms with Crippen LogP contribution in [0.5, 0.6) is 5.75 Å². The molecule has 35 heavy (non-hydrogen) atoms. The lowest BCUT2D eigenvalue weighted by Gasteiger charge is -2.40. The summed E-state index contributed by atoms with van der Waals surface area (Å²) < 4.78 is 23.0. The van der Waals surface area contributed by atoms with Crippen LogP contribution in [0, 0.1) is 5.92 Å². The van der Waals surface area contributed by atoms with Gasteiger partial charge in [-0.1, -0.05) is 35.9 Å². The highest BCUT2D eigenvalue weighted by Crippen LogP contribution is 2.45. The molecule has 2 aliphatic rings. The number of benzene rings is 1. The Labute approximate surface area is 219 Å². The molecule has 2 amide bonds. The third kappa shape index (κ3) is 6.98. The standard InChI is InChI=1S/C24H33Cl2N3O5S/c1-4-9-33-20-11-19(26)18(25)10-16(20)17(12-24(2,3)35(27)32)15-5-7-29(8-6-15)23(31)21-13-28-22(30)14-34-21/h4,10-11,15,17,21H,1,5-9,12-14,27H2,2-3H3,(H,28,30)/t17-,21?,35?/m1/s1. The minimum atomic E-state index is -1.55. The Morgan fingerprint density at radius 1 is 1.37 bits per heavy atom. The minimum absolute atomic E-state index is 0.0745. The van der Waals surface area contributed by atoms with Gasteiger partial charge in [0.2, 0.25) is 5.91 Å².